The van der Waals surface area contributed by atoms with Crippen LogP contribution in [0, 0.1) is 0 Å². The highest BCUT2D eigenvalue weighted by atomic mass is 16.5. The molecule has 0 atom stereocenters. The predicted molar refractivity (Wildman–Crippen MR) is 92.1 cm³/mol. The van der Waals surface area contributed by atoms with Gasteiger partial charge < -0.3 is 15.8 Å². The number of hydrogen-bond donors (Lipinski definition) is 2. The molecule has 5 heteroatoms. The molecule has 3 rings (SSSR count). The molecular formula is C18H18N4O. The van der Waals surface area contributed by atoms with E-state index >= 15 is 0 Å². The van der Waals surface area contributed by atoms with Crippen LogP contribution in [0.3, 0.4) is 0 Å². The van der Waals surface area contributed by atoms with E-state index in [1.165, 1.54) is 11.9 Å². The molecule has 0 bridgehead atoms. The van der Waals surface area contributed by atoms with E-state index in [4.69, 9.17) is 10.5 Å². The van der Waals surface area contributed by atoms with Crippen LogP contribution in [0.2, 0.25) is 0 Å². The SMILES string of the molecule is CCc1ccc(Oc2ncnc(Nc3ccccc3)c2N)cc1. The normalized spacial score (nSPS) is 10.3. The summed E-state index contributed by atoms with van der Waals surface area (Å²) >= 11 is 0. The number of nitrogens with one attached hydrogen (secondary N) is 1. The molecule has 1 aromatic heterocycles. The number of para-hydroxylation sites is 1. The zero-order valence-electron chi connectivity index (χ0n) is 12.9. The molecule has 0 saturated carbocycles. The summed E-state index contributed by atoms with van der Waals surface area (Å²) in [5, 5.41) is 3.16. The Bertz CT molecular complexity index is 773. The highest BCUT2D eigenvalue weighted by Gasteiger charge is 2.10. The van der Waals surface area contributed by atoms with Crippen LogP contribution in [0.15, 0.2) is 60.9 Å². The van der Waals surface area contributed by atoms with Crippen molar-refractivity contribution in [2.45, 2.75) is 13.3 Å². The first kappa shape index (κ1) is 14.8. The van der Waals surface area contributed by atoms with Gasteiger partial charge in [0.05, 0.1) is 0 Å². The van der Waals surface area contributed by atoms with Crippen LogP contribution in [0.5, 0.6) is 11.6 Å². The third kappa shape index (κ3) is 3.58. The molecule has 0 radical (unpaired) electrons. The lowest BCUT2D eigenvalue weighted by Crippen LogP contribution is -2.03. The van der Waals surface area contributed by atoms with Gasteiger partial charge in [-0.25, -0.2) is 4.98 Å². The molecule has 23 heavy (non-hydrogen) atoms. The Hall–Kier alpha value is -3.08. The van der Waals surface area contributed by atoms with Gasteiger partial charge in [0.25, 0.3) is 0 Å². The van der Waals surface area contributed by atoms with Crippen LogP contribution in [-0.2, 0) is 6.42 Å². The number of nitrogens with zero attached hydrogens (tertiary/aromatic N) is 2. The van der Waals surface area contributed by atoms with E-state index in [1.807, 2.05) is 54.6 Å². The van der Waals surface area contributed by atoms with Crippen molar-refractivity contribution in [2.24, 2.45) is 0 Å². The molecule has 0 amide bonds. The summed E-state index contributed by atoms with van der Waals surface area (Å²) in [4.78, 5) is 8.30. The Morgan fingerprint density at radius 1 is 1.00 bits per heavy atom. The molecule has 0 spiro atoms. The molecule has 1 heterocycles. The van der Waals surface area contributed by atoms with Crippen LogP contribution < -0.4 is 15.8 Å². The number of aromatic nitrogens is 2. The maximum Gasteiger partial charge on any atom is 0.248 e. The quantitative estimate of drug-likeness (QED) is 0.740. The Kier molecular flexibility index (Phi) is 4.38. The Morgan fingerprint density at radius 3 is 2.43 bits per heavy atom. The fourth-order valence-electron chi connectivity index (χ4n) is 2.12. The van der Waals surface area contributed by atoms with Crippen LogP contribution in [0.4, 0.5) is 17.2 Å². The molecule has 2 aromatic carbocycles. The van der Waals surface area contributed by atoms with Crippen molar-refractivity contribution in [1.29, 1.82) is 0 Å². The summed E-state index contributed by atoms with van der Waals surface area (Å²) < 4.78 is 5.77. The number of nitrogen functional groups attached to an aromatic ring is 1. The Labute approximate surface area is 135 Å². The molecule has 5 nitrogen and oxygen atoms in total. The van der Waals surface area contributed by atoms with Crippen molar-refractivity contribution in [3.63, 3.8) is 0 Å². The standard InChI is InChI=1S/C18H18N4O/c1-2-13-8-10-15(11-9-13)23-18-16(19)17(20-12-21-18)22-14-6-4-3-5-7-14/h3-12H,2,19H2,1H3,(H,20,21,22). The number of hydrogen-bond acceptors (Lipinski definition) is 5. The van der Waals surface area contributed by atoms with Gasteiger partial charge in [-0.05, 0) is 36.2 Å². The molecular weight excluding hydrogens is 288 g/mol. The van der Waals surface area contributed by atoms with Crippen molar-refractivity contribution in [2.75, 3.05) is 11.1 Å². The minimum atomic E-state index is 0.336. The van der Waals surface area contributed by atoms with Crippen molar-refractivity contribution < 1.29 is 4.74 Å². The maximum absolute atomic E-state index is 6.12. The topological polar surface area (TPSA) is 73.1 Å². The van der Waals surface area contributed by atoms with Crippen molar-refractivity contribution in [3.8, 4) is 11.6 Å². The fourth-order valence-corrected chi connectivity index (χ4v) is 2.12. The van der Waals surface area contributed by atoms with E-state index in [1.54, 1.807) is 0 Å². The second kappa shape index (κ2) is 6.79. The van der Waals surface area contributed by atoms with E-state index in [9.17, 15) is 0 Å². The molecule has 0 aliphatic rings. The van der Waals surface area contributed by atoms with E-state index < -0.39 is 0 Å². The summed E-state index contributed by atoms with van der Waals surface area (Å²) in [5.74, 6) is 1.55. The van der Waals surface area contributed by atoms with Gasteiger partial charge in [-0.1, -0.05) is 37.3 Å². The van der Waals surface area contributed by atoms with Gasteiger partial charge in [-0.3, -0.25) is 0 Å². The van der Waals surface area contributed by atoms with E-state index in [0.29, 0.717) is 23.1 Å². The summed E-state index contributed by atoms with van der Waals surface area (Å²) in [5.41, 5.74) is 8.64. The lowest BCUT2D eigenvalue weighted by molar-refractivity contribution is 0.464. The first-order valence-corrected chi connectivity index (χ1v) is 7.45. The van der Waals surface area contributed by atoms with E-state index in [-0.39, 0.29) is 0 Å². The Balaban J connectivity index is 1.81. The van der Waals surface area contributed by atoms with Gasteiger partial charge in [0.1, 0.15) is 17.8 Å². The number of benzene rings is 2. The maximum atomic E-state index is 6.12. The fraction of sp³-hybridized carbons (Fsp3) is 0.111. The molecule has 3 N–H and O–H groups in total. The van der Waals surface area contributed by atoms with Crippen LogP contribution in [-0.4, -0.2) is 9.97 Å². The molecule has 0 unspecified atom stereocenters. The number of anilines is 3. The minimum Gasteiger partial charge on any atom is -0.437 e. The summed E-state index contributed by atoms with van der Waals surface area (Å²) in [6.07, 6.45) is 2.42. The summed E-state index contributed by atoms with van der Waals surface area (Å²) in [7, 11) is 0. The van der Waals surface area contributed by atoms with Gasteiger partial charge in [-0.15, -0.1) is 0 Å². The molecule has 116 valence electrons. The number of rotatable bonds is 5. The smallest absolute Gasteiger partial charge is 0.248 e. The van der Waals surface area contributed by atoms with Gasteiger partial charge in [0, 0.05) is 5.69 Å². The van der Waals surface area contributed by atoms with Gasteiger partial charge in [0.2, 0.25) is 5.88 Å². The third-order valence-corrected chi connectivity index (χ3v) is 3.43. The van der Waals surface area contributed by atoms with Crippen LogP contribution in [0.1, 0.15) is 12.5 Å². The van der Waals surface area contributed by atoms with E-state index in [0.717, 1.165) is 12.1 Å². The van der Waals surface area contributed by atoms with Gasteiger partial charge >= 0.3 is 0 Å². The van der Waals surface area contributed by atoms with Crippen molar-refractivity contribution >= 4 is 17.2 Å². The first-order valence-electron chi connectivity index (χ1n) is 7.45. The zero-order chi connectivity index (χ0) is 16.1. The molecule has 0 aliphatic carbocycles. The lowest BCUT2D eigenvalue weighted by Gasteiger charge is -2.12. The molecule has 3 aromatic rings. The first-order chi connectivity index (χ1) is 11.3. The van der Waals surface area contributed by atoms with Gasteiger partial charge in [-0.2, -0.15) is 4.98 Å². The van der Waals surface area contributed by atoms with Crippen LogP contribution >= 0.6 is 0 Å². The van der Waals surface area contributed by atoms with Crippen molar-refractivity contribution in [1.82, 2.24) is 9.97 Å². The average molecular weight is 306 g/mol. The number of nitrogens with two attached hydrogens (primary N) is 1. The summed E-state index contributed by atoms with van der Waals surface area (Å²) in [6.45, 7) is 2.11. The average Bonchev–Trinajstić information content (AvgIpc) is 2.60. The van der Waals surface area contributed by atoms with Crippen LogP contribution in [0.25, 0.3) is 0 Å². The zero-order valence-corrected chi connectivity index (χ0v) is 12.9. The minimum absolute atomic E-state index is 0.336. The highest BCUT2D eigenvalue weighted by Crippen LogP contribution is 2.30. The van der Waals surface area contributed by atoms with E-state index in [2.05, 4.69) is 22.2 Å². The number of aryl methyl sites for hydroxylation is 1. The largest absolute Gasteiger partial charge is 0.437 e. The molecule has 0 fully saturated rings. The second-order valence-corrected chi connectivity index (χ2v) is 5.03. The Morgan fingerprint density at radius 2 is 1.74 bits per heavy atom. The molecule has 0 aliphatic heterocycles. The number of ether oxygens (including phenoxy) is 1. The predicted octanol–water partition coefficient (Wildman–Crippen LogP) is 4.16. The monoisotopic (exact) mass is 306 g/mol. The third-order valence-electron chi connectivity index (χ3n) is 3.43. The molecule has 0 saturated heterocycles. The van der Waals surface area contributed by atoms with Gasteiger partial charge in [0.15, 0.2) is 5.82 Å². The lowest BCUT2D eigenvalue weighted by atomic mass is 10.2. The summed E-state index contributed by atoms with van der Waals surface area (Å²) in [6, 6.07) is 17.6. The second-order valence-electron chi connectivity index (χ2n) is 5.03. The highest BCUT2D eigenvalue weighted by molar-refractivity contribution is 5.72. The van der Waals surface area contributed by atoms with Crippen molar-refractivity contribution in [3.05, 3.63) is 66.5 Å².